The van der Waals surface area contributed by atoms with Gasteiger partial charge in [-0.1, -0.05) is 146 Å². The molecule has 4 heteroatoms. The first-order chi connectivity index (χ1) is 25.5. The number of hydrogen-bond acceptors (Lipinski definition) is 3. The van der Waals surface area contributed by atoms with Gasteiger partial charge in [0.1, 0.15) is 0 Å². The second-order valence-corrected chi connectivity index (χ2v) is 14.7. The van der Waals surface area contributed by atoms with Crippen molar-refractivity contribution in [3.05, 3.63) is 168 Å². The SMILES string of the molecule is CC(c1ccc(-c2ccccc2-c2ccc(C(=O)c3ccc(-c4ccccc4-c4ccc(C(C)N5CCCC5)cc4)cc3)cc2)cc1)N1CCCC1.Cl. The van der Waals surface area contributed by atoms with Crippen molar-refractivity contribution in [3.8, 4) is 44.5 Å². The Labute approximate surface area is 321 Å². The largest absolute Gasteiger partial charge is 0.297 e. The minimum atomic E-state index is 0. The van der Waals surface area contributed by atoms with Crippen LogP contribution in [0, 0.1) is 0 Å². The van der Waals surface area contributed by atoms with Gasteiger partial charge in [0.2, 0.25) is 0 Å². The molecule has 6 aromatic rings. The van der Waals surface area contributed by atoms with Gasteiger partial charge in [-0.15, -0.1) is 12.4 Å². The molecular weight excluding hydrogens is 668 g/mol. The topological polar surface area (TPSA) is 23.6 Å². The Morgan fingerprint density at radius 1 is 0.415 bits per heavy atom. The Morgan fingerprint density at radius 2 is 0.679 bits per heavy atom. The molecule has 0 aromatic heterocycles. The summed E-state index contributed by atoms with van der Waals surface area (Å²) in [6.45, 7) is 9.41. The maximum absolute atomic E-state index is 13.7. The summed E-state index contributed by atoms with van der Waals surface area (Å²) in [5.74, 6) is 0.0325. The second-order valence-electron chi connectivity index (χ2n) is 14.7. The fourth-order valence-electron chi connectivity index (χ4n) is 8.30. The highest BCUT2D eigenvalue weighted by Crippen LogP contribution is 2.36. The molecule has 6 aromatic carbocycles. The predicted molar refractivity (Wildman–Crippen MR) is 224 cm³/mol. The van der Waals surface area contributed by atoms with E-state index < -0.39 is 0 Å². The van der Waals surface area contributed by atoms with Gasteiger partial charge >= 0.3 is 0 Å². The smallest absolute Gasteiger partial charge is 0.193 e. The van der Waals surface area contributed by atoms with Crippen LogP contribution in [0.15, 0.2) is 146 Å². The number of rotatable bonds is 10. The van der Waals surface area contributed by atoms with Crippen LogP contribution in [0.3, 0.4) is 0 Å². The summed E-state index contributed by atoms with van der Waals surface area (Å²) in [6.07, 6.45) is 5.21. The lowest BCUT2D eigenvalue weighted by Crippen LogP contribution is -2.23. The van der Waals surface area contributed by atoms with E-state index in [1.165, 1.54) is 96.4 Å². The van der Waals surface area contributed by atoms with E-state index in [9.17, 15) is 4.79 Å². The Morgan fingerprint density at radius 3 is 0.962 bits per heavy atom. The molecule has 3 nitrogen and oxygen atoms in total. The first kappa shape index (κ1) is 36.6. The summed E-state index contributed by atoms with van der Waals surface area (Å²) in [5, 5.41) is 0. The van der Waals surface area contributed by atoms with Gasteiger partial charge in [-0.05, 0) is 121 Å². The standard InChI is InChI=1S/C49H48N2O.ClH/c1-35(50-31-7-8-32-50)37-15-19-39(20-16-37)45-11-3-5-13-47(45)41-23-27-43(28-24-41)49(52)44-29-25-42(26-30-44)48-14-6-4-12-46(48)40-21-17-38(18-22-40)36(2)51-33-9-10-34-51;/h3-6,11-30,35-36H,7-10,31-34H2,1-2H3;1H. The highest BCUT2D eigenvalue weighted by molar-refractivity contribution is 6.09. The van der Waals surface area contributed by atoms with Gasteiger partial charge in [0, 0.05) is 23.2 Å². The monoisotopic (exact) mass is 716 g/mol. The number of ketones is 1. The average Bonchev–Trinajstić information content (AvgIpc) is 3.97. The molecule has 0 saturated carbocycles. The van der Waals surface area contributed by atoms with Gasteiger partial charge < -0.3 is 0 Å². The summed E-state index contributed by atoms with van der Waals surface area (Å²) >= 11 is 0. The van der Waals surface area contributed by atoms with E-state index in [0.717, 1.165) is 11.1 Å². The van der Waals surface area contributed by atoms with Gasteiger partial charge in [0.05, 0.1) is 0 Å². The maximum atomic E-state index is 13.7. The van der Waals surface area contributed by atoms with Gasteiger partial charge in [-0.25, -0.2) is 0 Å². The van der Waals surface area contributed by atoms with Crippen LogP contribution < -0.4 is 0 Å². The van der Waals surface area contributed by atoms with Crippen LogP contribution in [0.1, 0.15) is 78.7 Å². The molecular formula is C49H49ClN2O. The summed E-state index contributed by atoms with van der Waals surface area (Å²) in [6, 6.07) is 52.4. The number of benzene rings is 6. The summed E-state index contributed by atoms with van der Waals surface area (Å²) < 4.78 is 0. The highest BCUT2D eigenvalue weighted by atomic mass is 35.5. The molecule has 2 aliphatic heterocycles. The quantitative estimate of drug-likeness (QED) is 0.132. The third-order valence-electron chi connectivity index (χ3n) is 11.6. The molecule has 2 saturated heterocycles. The van der Waals surface area contributed by atoms with E-state index >= 15 is 0 Å². The van der Waals surface area contributed by atoms with Crippen LogP contribution in [0.2, 0.25) is 0 Å². The molecule has 53 heavy (non-hydrogen) atoms. The Balaban J connectivity index is 0.00000435. The lowest BCUT2D eigenvalue weighted by molar-refractivity contribution is 0.103. The molecule has 0 radical (unpaired) electrons. The Kier molecular flexibility index (Phi) is 11.4. The third-order valence-corrected chi connectivity index (χ3v) is 11.6. The zero-order chi connectivity index (χ0) is 35.4. The van der Waals surface area contributed by atoms with Crippen LogP contribution in [0.25, 0.3) is 44.5 Å². The summed E-state index contributed by atoms with van der Waals surface area (Å²) in [7, 11) is 0. The number of hydrogen-bond donors (Lipinski definition) is 0. The van der Waals surface area contributed by atoms with Crippen molar-refractivity contribution in [2.24, 2.45) is 0 Å². The minimum absolute atomic E-state index is 0. The number of halogens is 1. The zero-order valence-corrected chi connectivity index (χ0v) is 31.7. The first-order valence-corrected chi connectivity index (χ1v) is 19.2. The molecule has 268 valence electrons. The lowest BCUT2D eigenvalue weighted by Gasteiger charge is -2.24. The molecule has 0 spiro atoms. The first-order valence-electron chi connectivity index (χ1n) is 19.2. The number of carbonyl (C=O) groups is 1. The Hall–Kier alpha value is -4.80. The van der Waals surface area contributed by atoms with Crippen LogP contribution in [0.4, 0.5) is 0 Å². The van der Waals surface area contributed by atoms with Gasteiger partial charge in [0.25, 0.3) is 0 Å². The van der Waals surface area contributed by atoms with Crippen LogP contribution in [0.5, 0.6) is 0 Å². The lowest BCUT2D eigenvalue weighted by atomic mass is 9.91. The Bertz CT molecular complexity index is 1970. The highest BCUT2D eigenvalue weighted by Gasteiger charge is 2.21. The number of nitrogens with zero attached hydrogens (tertiary/aromatic N) is 2. The van der Waals surface area contributed by atoms with Crippen molar-refractivity contribution < 1.29 is 4.79 Å². The van der Waals surface area contributed by atoms with Crippen molar-refractivity contribution in [2.75, 3.05) is 26.2 Å². The number of carbonyl (C=O) groups excluding carboxylic acids is 1. The molecule has 0 aliphatic carbocycles. The van der Waals surface area contributed by atoms with Crippen molar-refractivity contribution >= 4 is 18.2 Å². The van der Waals surface area contributed by atoms with E-state index in [-0.39, 0.29) is 18.2 Å². The molecule has 0 N–H and O–H groups in total. The van der Waals surface area contributed by atoms with Crippen LogP contribution >= 0.6 is 12.4 Å². The molecule has 2 heterocycles. The van der Waals surface area contributed by atoms with Gasteiger partial charge in [-0.3, -0.25) is 14.6 Å². The van der Waals surface area contributed by atoms with E-state index in [1.807, 2.05) is 24.3 Å². The van der Waals surface area contributed by atoms with Gasteiger partial charge in [0.15, 0.2) is 5.78 Å². The molecule has 2 atom stereocenters. The van der Waals surface area contributed by atoms with Crippen molar-refractivity contribution in [2.45, 2.75) is 51.6 Å². The van der Waals surface area contributed by atoms with Gasteiger partial charge in [-0.2, -0.15) is 0 Å². The summed E-state index contributed by atoms with van der Waals surface area (Å²) in [5.41, 5.74) is 13.5. The molecule has 2 unspecified atom stereocenters. The molecule has 0 bridgehead atoms. The maximum Gasteiger partial charge on any atom is 0.193 e. The van der Waals surface area contributed by atoms with Crippen molar-refractivity contribution in [1.82, 2.24) is 9.80 Å². The fourth-order valence-corrected chi connectivity index (χ4v) is 8.30. The van der Waals surface area contributed by atoms with Crippen molar-refractivity contribution in [3.63, 3.8) is 0 Å². The normalized spacial score (nSPS) is 15.9. The number of likely N-dealkylation sites (tertiary alicyclic amines) is 2. The molecule has 2 fully saturated rings. The molecule has 2 aliphatic rings. The zero-order valence-electron chi connectivity index (χ0n) is 30.9. The molecule has 8 rings (SSSR count). The second kappa shape index (κ2) is 16.5. The summed E-state index contributed by atoms with van der Waals surface area (Å²) in [4.78, 5) is 18.8. The van der Waals surface area contributed by atoms with E-state index in [0.29, 0.717) is 23.2 Å². The predicted octanol–water partition coefficient (Wildman–Crippen LogP) is 12.3. The van der Waals surface area contributed by atoms with Crippen molar-refractivity contribution in [1.29, 1.82) is 0 Å². The molecule has 0 amide bonds. The van der Waals surface area contributed by atoms with E-state index in [4.69, 9.17) is 0 Å². The van der Waals surface area contributed by atoms with E-state index in [1.54, 1.807) is 0 Å². The van der Waals surface area contributed by atoms with Crippen LogP contribution in [-0.2, 0) is 0 Å². The fraction of sp³-hybridized carbons (Fsp3) is 0.245. The third kappa shape index (κ3) is 7.80. The minimum Gasteiger partial charge on any atom is -0.297 e. The average molecular weight is 717 g/mol. The van der Waals surface area contributed by atoms with Crippen LogP contribution in [-0.4, -0.2) is 41.8 Å². The van der Waals surface area contributed by atoms with E-state index in [2.05, 4.69) is 145 Å².